The maximum Gasteiger partial charge on any atom is 0.0678 e. The summed E-state index contributed by atoms with van der Waals surface area (Å²) in [5.74, 6) is 0. The second-order valence-corrected chi connectivity index (χ2v) is 5.27. The number of nitrogens with two attached hydrogens (primary N) is 1. The summed E-state index contributed by atoms with van der Waals surface area (Å²) in [6, 6.07) is 6.23. The van der Waals surface area contributed by atoms with Crippen molar-refractivity contribution in [2.45, 2.75) is 45.1 Å². The normalized spacial score (nSPS) is 28.9. The minimum atomic E-state index is 0.0531. The van der Waals surface area contributed by atoms with Crippen molar-refractivity contribution in [3.8, 4) is 0 Å². The van der Waals surface area contributed by atoms with Gasteiger partial charge in [0.1, 0.15) is 0 Å². The lowest BCUT2D eigenvalue weighted by atomic mass is 10.0. The van der Waals surface area contributed by atoms with E-state index >= 15 is 0 Å². The van der Waals surface area contributed by atoms with Crippen molar-refractivity contribution in [1.82, 2.24) is 9.88 Å². The van der Waals surface area contributed by atoms with Crippen molar-refractivity contribution in [2.24, 2.45) is 5.73 Å². The zero-order chi connectivity index (χ0) is 13.1. The molecule has 2 heterocycles. The molecule has 2 N–H and O–H groups in total. The van der Waals surface area contributed by atoms with Crippen LogP contribution in [0.25, 0.3) is 0 Å². The van der Waals surface area contributed by atoms with E-state index in [0.29, 0.717) is 0 Å². The van der Waals surface area contributed by atoms with Crippen molar-refractivity contribution < 1.29 is 4.74 Å². The molecule has 0 aliphatic carbocycles. The van der Waals surface area contributed by atoms with E-state index in [9.17, 15) is 0 Å². The third-order valence-corrected chi connectivity index (χ3v) is 3.33. The van der Waals surface area contributed by atoms with Gasteiger partial charge in [-0.1, -0.05) is 6.07 Å². The third-order valence-electron chi connectivity index (χ3n) is 3.33. The molecule has 1 fully saturated rings. The van der Waals surface area contributed by atoms with Crippen LogP contribution in [0, 0.1) is 0 Å². The number of rotatable bonds is 3. The lowest BCUT2D eigenvalue weighted by Crippen LogP contribution is -2.50. The maximum absolute atomic E-state index is 6.17. The molecule has 2 rings (SSSR count). The summed E-state index contributed by atoms with van der Waals surface area (Å²) in [5.41, 5.74) is 7.22. The molecule has 18 heavy (non-hydrogen) atoms. The predicted octanol–water partition coefficient (Wildman–Crippen LogP) is 1.58. The molecule has 1 aromatic rings. The topological polar surface area (TPSA) is 51.4 Å². The van der Waals surface area contributed by atoms with Crippen molar-refractivity contribution in [3.05, 3.63) is 30.1 Å². The number of morpholine rings is 1. The fourth-order valence-electron chi connectivity index (χ4n) is 2.78. The van der Waals surface area contributed by atoms with Crippen LogP contribution in [0.15, 0.2) is 24.4 Å². The Bertz CT molecular complexity index is 359. The standard InChI is InChI=1S/C14H23N3O/c1-10-8-17(9-11(2)18-10)14(12(3)15)13-6-4-5-7-16-13/h4-7,10-12,14H,8-9,15H2,1-3H3. The molecule has 0 bridgehead atoms. The van der Waals surface area contributed by atoms with Gasteiger partial charge in [-0.05, 0) is 32.9 Å². The molecule has 1 aromatic heterocycles. The van der Waals surface area contributed by atoms with Crippen LogP contribution in [0.4, 0.5) is 0 Å². The molecule has 1 saturated heterocycles. The van der Waals surface area contributed by atoms with Crippen LogP contribution in [0.5, 0.6) is 0 Å². The highest BCUT2D eigenvalue weighted by molar-refractivity contribution is 5.11. The summed E-state index contributed by atoms with van der Waals surface area (Å²) >= 11 is 0. The molecule has 1 aliphatic heterocycles. The van der Waals surface area contributed by atoms with Gasteiger partial charge in [0.15, 0.2) is 0 Å². The molecule has 100 valence electrons. The number of pyridine rings is 1. The van der Waals surface area contributed by atoms with Gasteiger partial charge >= 0.3 is 0 Å². The van der Waals surface area contributed by atoms with Crippen LogP contribution < -0.4 is 5.73 Å². The van der Waals surface area contributed by atoms with Crippen molar-refractivity contribution >= 4 is 0 Å². The molecular weight excluding hydrogens is 226 g/mol. The van der Waals surface area contributed by atoms with E-state index in [0.717, 1.165) is 18.8 Å². The number of ether oxygens (including phenoxy) is 1. The van der Waals surface area contributed by atoms with Gasteiger partial charge in [0.25, 0.3) is 0 Å². The van der Waals surface area contributed by atoms with E-state index in [1.807, 2.05) is 25.3 Å². The maximum atomic E-state index is 6.17. The third kappa shape index (κ3) is 3.07. The fraction of sp³-hybridized carbons (Fsp3) is 0.643. The molecule has 4 heteroatoms. The van der Waals surface area contributed by atoms with Gasteiger partial charge in [-0.15, -0.1) is 0 Å². The van der Waals surface area contributed by atoms with Crippen LogP contribution in [0.2, 0.25) is 0 Å². The van der Waals surface area contributed by atoms with E-state index in [-0.39, 0.29) is 24.3 Å². The first-order valence-corrected chi connectivity index (χ1v) is 6.64. The zero-order valence-corrected chi connectivity index (χ0v) is 11.4. The van der Waals surface area contributed by atoms with Gasteiger partial charge in [0, 0.05) is 25.3 Å². The summed E-state index contributed by atoms with van der Waals surface area (Å²) < 4.78 is 5.78. The first-order valence-electron chi connectivity index (χ1n) is 6.64. The lowest BCUT2D eigenvalue weighted by molar-refractivity contribution is -0.0835. The SMILES string of the molecule is CC1CN(C(c2ccccn2)C(C)N)CC(C)O1. The van der Waals surface area contributed by atoms with Gasteiger partial charge in [0.2, 0.25) is 0 Å². The Balaban J connectivity index is 2.20. The second-order valence-electron chi connectivity index (χ2n) is 5.27. The lowest BCUT2D eigenvalue weighted by Gasteiger charge is -2.41. The summed E-state index contributed by atoms with van der Waals surface area (Å²) in [4.78, 5) is 6.86. The second kappa shape index (κ2) is 5.78. The summed E-state index contributed by atoms with van der Waals surface area (Å²) in [7, 11) is 0. The average molecular weight is 249 g/mol. The van der Waals surface area contributed by atoms with E-state index in [2.05, 4.69) is 29.8 Å². The molecular formula is C14H23N3O. The van der Waals surface area contributed by atoms with Gasteiger partial charge in [0.05, 0.1) is 23.9 Å². The molecule has 0 radical (unpaired) electrons. The highest BCUT2D eigenvalue weighted by Gasteiger charge is 2.31. The Kier molecular flexibility index (Phi) is 4.32. The highest BCUT2D eigenvalue weighted by atomic mass is 16.5. The Morgan fingerprint density at radius 3 is 2.50 bits per heavy atom. The summed E-state index contributed by atoms with van der Waals surface area (Å²) in [6.45, 7) is 8.09. The van der Waals surface area contributed by atoms with Gasteiger partial charge in [-0.3, -0.25) is 9.88 Å². The first kappa shape index (κ1) is 13.5. The van der Waals surface area contributed by atoms with Crippen molar-refractivity contribution in [3.63, 3.8) is 0 Å². The van der Waals surface area contributed by atoms with Crippen LogP contribution in [-0.2, 0) is 4.74 Å². The van der Waals surface area contributed by atoms with Crippen LogP contribution in [0.1, 0.15) is 32.5 Å². The molecule has 4 nitrogen and oxygen atoms in total. The first-order chi connectivity index (χ1) is 8.58. The molecule has 4 atom stereocenters. The Morgan fingerprint density at radius 1 is 1.33 bits per heavy atom. The minimum absolute atomic E-state index is 0.0531. The average Bonchev–Trinajstić information content (AvgIpc) is 2.28. The molecule has 0 amide bonds. The largest absolute Gasteiger partial charge is 0.373 e. The van der Waals surface area contributed by atoms with Crippen LogP contribution in [-0.4, -0.2) is 41.2 Å². The van der Waals surface area contributed by atoms with Crippen molar-refractivity contribution in [1.29, 1.82) is 0 Å². The summed E-state index contributed by atoms with van der Waals surface area (Å²) in [6.07, 6.45) is 2.33. The molecule has 0 spiro atoms. The highest BCUT2D eigenvalue weighted by Crippen LogP contribution is 2.25. The zero-order valence-electron chi connectivity index (χ0n) is 11.4. The quantitative estimate of drug-likeness (QED) is 0.883. The van der Waals surface area contributed by atoms with Crippen molar-refractivity contribution in [2.75, 3.05) is 13.1 Å². The Morgan fingerprint density at radius 2 is 2.00 bits per heavy atom. The van der Waals surface area contributed by atoms with E-state index in [1.165, 1.54) is 0 Å². The monoisotopic (exact) mass is 249 g/mol. The van der Waals surface area contributed by atoms with E-state index in [1.54, 1.807) is 0 Å². The van der Waals surface area contributed by atoms with E-state index in [4.69, 9.17) is 10.5 Å². The fourth-order valence-corrected chi connectivity index (χ4v) is 2.78. The number of aromatic nitrogens is 1. The molecule has 0 saturated carbocycles. The number of hydrogen-bond donors (Lipinski definition) is 1. The Hall–Kier alpha value is -0.970. The number of nitrogens with zero attached hydrogens (tertiary/aromatic N) is 2. The van der Waals surface area contributed by atoms with Gasteiger partial charge in [-0.2, -0.15) is 0 Å². The smallest absolute Gasteiger partial charge is 0.0678 e. The molecule has 4 unspecified atom stereocenters. The van der Waals surface area contributed by atoms with Gasteiger partial charge < -0.3 is 10.5 Å². The molecule has 1 aliphatic rings. The summed E-state index contributed by atoms with van der Waals surface area (Å²) in [5, 5.41) is 0. The Labute approximate surface area is 109 Å². The predicted molar refractivity (Wildman–Crippen MR) is 72.2 cm³/mol. The van der Waals surface area contributed by atoms with E-state index < -0.39 is 0 Å². The van der Waals surface area contributed by atoms with Crippen LogP contribution >= 0.6 is 0 Å². The molecule has 0 aromatic carbocycles. The van der Waals surface area contributed by atoms with Gasteiger partial charge in [-0.25, -0.2) is 0 Å². The van der Waals surface area contributed by atoms with Crippen LogP contribution in [0.3, 0.4) is 0 Å². The number of hydrogen-bond acceptors (Lipinski definition) is 4. The minimum Gasteiger partial charge on any atom is -0.373 e.